The van der Waals surface area contributed by atoms with Gasteiger partial charge in [-0.1, -0.05) is 45.4 Å². The van der Waals surface area contributed by atoms with Crippen LogP contribution in [0.5, 0.6) is 11.5 Å². The highest BCUT2D eigenvalue weighted by atomic mass is 32.2. The average Bonchev–Trinajstić information content (AvgIpc) is 2.91. The minimum absolute atomic E-state index is 0. The summed E-state index contributed by atoms with van der Waals surface area (Å²) in [6, 6.07) is 14.9. The Kier molecular flexibility index (Phi) is 33.5. The van der Waals surface area contributed by atoms with Crippen LogP contribution in [0.1, 0.15) is 39.7 Å². The number of hydrogen-bond donors (Lipinski definition) is 2. The van der Waals surface area contributed by atoms with E-state index in [2.05, 4.69) is 39.5 Å². The molecule has 0 bridgehead atoms. The molecule has 204 valence electrons. The molecule has 0 radical (unpaired) electrons. The third-order valence-corrected chi connectivity index (χ3v) is 5.66. The molecule has 6 nitrogen and oxygen atoms in total. The SMILES string of the molecule is C#C.C#C.CC.COc1ccc(S(=O)N(CCCN)CC(C)C)cc1.Cc1ccc(OPO)cc1.P. The van der Waals surface area contributed by atoms with Crippen molar-refractivity contribution in [3.8, 4) is 37.2 Å². The first kappa shape index (κ1) is 41.2. The van der Waals surface area contributed by atoms with E-state index in [4.69, 9.17) is 19.9 Å². The molecule has 3 N–H and O–H groups in total. The van der Waals surface area contributed by atoms with Crippen molar-refractivity contribution >= 4 is 29.9 Å². The predicted octanol–water partition coefficient (Wildman–Crippen LogP) is 5.48. The number of aryl methyl sites for hydroxylation is 1. The molecule has 0 spiro atoms. The summed E-state index contributed by atoms with van der Waals surface area (Å²) in [5.74, 6) is 1.96. The molecule has 0 heterocycles. The number of hydrogen-bond acceptors (Lipinski definition) is 5. The number of nitrogens with two attached hydrogens (primary N) is 1. The summed E-state index contributed by atoms with van der Waals surface area (Å²) in [7, 11) is 0.0240. The highest BCUT2D eigenvalue weighted by Gasteiger charge is 2.16. The minimum atomic E-state index is -1.13. The summed E-state index contributed by atoms with van der Waals surface area (Å²) in [6.07, 6.45) is 16.9. The van der Waals surface area contributed by atoms with E-state index in [1.54, 1.807) is 7.11 Å². The van der Waals surface area contributed by atoms with E-state index in [1.807, 2.05) is 73.6 Å². The van der Waals surface area contributed by atoms with Crippen molar-refractivity contribution in [1.82, 2.24) is 4.31 Å². The summed E-state index contributed by atoms with van der Waals surface area (Å²) < 4.78 is 24.5. The van der Waals surface area contributed by atoms with Crippen LogP contribution in [0, 0.1) is 38.5 Å². The molecular formula is C27H46N2O4P2S. The smallest absolute Gasteiger partial charge is 0.212 e. The second-order valence-electron chi connectivity index (χ2n) is 6.86. The van der Waals surface area contributed by atoms with E-state index in [-0.39, 0.29) is 9.90 Å². The molecule has 3 unspecified atom stereocenters. The van der Waals surface area contributed by atoms with Gasteiger partial charge in [0, 0.05) is 13.1 Å². The second-order valence-corrected chi connectivity index (χ2v) is 8.73. The third-order valence-electron chi connectivity index (χ3n) is 3.86. The van der Waals surface area contributed by atoms with Crippen LogP contribution in [-0.4, -0.2) is 40.2 Å². The first-order valence-electron chi connectivity index (χ1n) is 11.2. The standard InChI is InChI=1S/C14H24N2O2S.C7H9O2P.C2H6.2C2H2.H3P/c1-12(2)11-16(10-4-9-15)19(17)14-7-5-13(18-3)6-8-14;1-6-2-4-7(5-3-6)9-10-8;3*1-2;/h5-8,12H,4,9-11,15H2,1-3H3;2-5,8,10H,1H3;1-2H3;2*1-2H;1H3. The Balaban J connectivity index is -0.000000254. The van der Waals surface area contributed by atoms with Gasteiger partial charge in [-0.2, -0.15) is 9.90 Å². The van der Waals surface area contributed by atoms with Crippen LogP contribution >= 0.6 is 18.9 Å². The molecule has 2 rings (SSSR count). The minimum Gasteiger partial charge on any atom is -0.497 e. The number of nitrogens with zero attached hydrogens (tertiary/aromatic N) is 1. The highest BCUT2D eigenvalue weighted by Crippen LogP contribution is 2.18. The quantitative estimate of drug-likeness (QED) is 0.299. The zero-order chi connectivity index (χ0) is 27.6. The van der Waals surface area contributed by atoms with Crippen molar-refractivity contribution in [3.05, 3.63) is 54.1 Å². The van der Waals surface area contributed by atoms with Crippen molar-refractivity contribution in [2.45, 2.75) is 45.9 Å². The van der Waals surface area contributed by atoms with Gasteiger partial charge in [0.05, 0.1) is 12.0 Å². The van der Waals surface area contributed by atoms with Crippen LogP contribution in [0.3, 0.4) is 0 Å². The predicted molar refractivity (Wildman–Crippen MR) is 164 cm³/mol. The molecule has 0 aliphatic carbocycles. The van der Waals surface area contributed by atoms with Gasteiger partial charge in [-0.05, 0) is 62.2 Å². The molecule has 0 saturated heterocycles. The number of rotatable bonds is 10. The van der Waals surface area contributed by atoms with Crippen molar-refractivity contribution in [3.63, 3.8) is 0 Å². The lowest BCUT2D eigenvalue weighted by molar-refractivity contribution is 0.385. The Morgan fingerprint density at radius 3 is 1.86 bits per heavy atom. The molecule has 2 aromatic rings. The molecule has 0 amide bonds. The maximum absolute atomic E-state index is 12.5. The van der Waals surface area contributed by atoms with E-state index in [1.165, 1.54) is 5.56 Å². The molecule has 9 heteroatoms. The molecular weight excluding hydrogens is 510 g/mol. The van der Waals surface area contributed by atoms with Crippen molar-refractivity contribution < 1.29 is 18.4 Å². The normalized spacial score (nSPS) is 10.1. The van der Waals surface area contributed by atoms with Gasteiger partial charge >= 0.3 is 0 Å². The summed E-state index contributed by atoms with van der Waals surface area (Å²) in [6.45, 7) is 12.4. The van der Waals surface area contributed by atoms with E-state index < -0.39 is 20.0 Å². The van der Waals surface area contributed by atoms with Crippen LogP contribution in [0.2, 0.25) is 0 Å². The van der Waals surface area contributed by atoms with Crippen molar-refractivity contribution in [2.75, 3.05) is 26.7 Å². The van der Waals surface area contributed by atoms with Gasteiger partial charge in [-0.3, -0.25) is 0 Å². The van der Waals surface area contributed by atoms with E-state index in [9.17, 15) is 4.21 Å². The Morgan fingerprint density at radius 2 is 1.47 bits per heavy atom. The number of ether oxygens (including phenoxy) is 1. The largest absolute Gasteiger partial charge is 0.497 e. The van der Waals surface area contributed by atoms with E-state index >= 15 is 0 Å². The fraction of sp³-hybridized carbons (Fsp3) is 0.407. The monoisotopic (exact) mass is 556 g/mol. The first-order valence-corrected chi connectivity index (χ1v) is 13.2. The van der Waals surface area contributed by atoms with Crippen LogP contribution in [0.4, 0.5) is 0 Å². The van der Waals surface area contributed by atoms with Crippen LogP contribution in [-0.2, 0) is 11.0 Å². The summed E-state index contributed by atoms with van der Waals surface area (Å²) >= 11 is 0. The van der Waals surface area contributed by atoms with Crippen LogP contribution < -0.4 is 15.0 Å². The Bertz CT molecular complexity index is 793. The van der Waals surface area contributed by atoms with E-state index in [0.29, 0.717) is 18.2 Å². The summed E-state index contributed by atoms with van der Waals surface area (Å²) in [5, 5.41) is 0. The van der Waals surface area contributed by atoms with Crippen LogP contribution in [0.15, 0.2) is 53.4 Å². The highest BCUT2D eigenvalue weighted by molar-refractivity contribution is 7.82. The molecule has 2 aromatic carbocycles. The molecule has 0 aliphatic heterocycles. The Labute approximate surface area is 227 Å². The average molecular weight is 557 g/mol. The van der Waals surface area contributed by atoms with Gasteiger partial charge in [-0.15, -0.1) is 25.7 Å². The molecule has 0 aliphatic rings. The van der Waals surface area contributed by atoms with Crippen molar-refractivity contribution in [1.29, 1.82) is 0 Å². The molecule has 0 fully saturated rings. The lowest BCUT2D eigenvalue weighted by Crippen LogP contribution is -2.32. The van der Waals surface area contributed by atoms with Gasteiger partial charge in [-0.25, -0.2) is 8.51 Å². The fourth-order valence-electron chi connectivity index (χ4n) is 2.42. The van der Waals surface area contributed by atoms with Gasteiger partial charge in [0.25, 0.3) is 0 Å². The zero-order valence-corrected chi connectivity index (χ0v) is 25.9. The van der Waals surface area contributed by atoms with Gasteiger partial charge in [0.2, 0.25) is 9.03 Å². The second kappa shape index (κ2) is 29.3. The van der Waals surface area contributed by atoms with Gasteiger partial charge in [0.1, 0.15) is 22.5 Å². The third kappa shape index (κ3) is 20.3. The first-order chi connectivity index (χ1) is 16.9. The molecule has 3 atom stereocenters. The van der Waals surface area contributed by atoms with Crippen LogP contribution in [0.25, 0.3) is 0 Å². The lowest BCUT2D eigenvalue weighted by Gasteiger charge is -2.22. The summed E-state index contributed by atoms with van der Waals surface area (Å²) in [4.78, 5) is 9.20. The Morgan fingerprint density at radius 1 is 1.00 bits per heavy atom. The molecule has 36 heavy (non-hydrogen) atoms. The number of terminal acetylenes is 2. The zero-order valence-electron chi connectivity index (χ0n) is 22.6. The lowest BCUT2D eigenvalue weighted by atomic mass is 10.2. The number of methoxy groups -OCH3 is 1. The maximum atomic E-state index is 12.5. The Hall–Kier alpha value is -1.95. The van der Waals surface area contributed by atoms with Gasteiger partial charge in [0.15, 0.2) is 0 Å². The fourth-order valence-corrected chi connectivity index (χ4v) is 4.05. The summed E-state index contributed by atoms with van der Waals surface area (Å²) in [5.41, 5.74) is 6.73. The van der Waals surface area contributed by atoms with Crippen molar-refractivity contribution in [2.24, 2.45) is 11.7 Å². The molecule has 0 saturated carbocycles. The van der Waals surface area contributed by atoms with Gasteiger partial charge < -0.3 is 19.9 Å². The topological polar surface area (TPSA) is 85.0 Å². The van der Waals surface area contributed by atoms with E-state index in [0.717, 1.165) is 30.2 Å². The maximum Gasteiger partial charge on any atom is 0.212 e. The molecule has 0 aromatic heterocycles. The number of benzene rings is 2.